The van der Waals surface area contributed by atoms with Gasteiger partial charge in [-0.1, -0.05) is 6.07 Å². The van der Waals surface area contributed by atoms with Crippen molar-refractivity contribution in [2.24, 2.45) is 0 Å². The van der Waals surface area contributed by atoms with Crippen LogP contribution in [0.15, 0.2) is 36.8 Å². The van der Waals surface area contributed by atoms with Crippen molar-refractivity contribution in [3.63, 3.8) is 0 Å². The fourth-order valence-electron chi connectivity index (χ4n) is 3.05. The molecule has 0 aliphatic carbocycles. The van der Waals surface area contributed by atoms with Gasteiger partial charge in [-0.15, -0.1) is 0 Å². The van der Waals surface area contributed by atoms with Gasteiger partial charge in [0.15, 0.2) is 0 Å². The number of aryl methyl sites for hydroxylation is 1. The number of aromatic nitrogens is 2. The van der Waals surface area contributed by atoms with Gasteiger partial charge in [0.25, 0.3) is 5.91 Å². The first-order valence-corrected chi connectivity index (χ1v) is 7.37. The van der Waals surface area contributed by atoms with E-state index in [1.165, 1.54) is 0 Å². The summed E-state index contributed by atoms with van der Waals surface area (Å²) in [5, 5.41) is 0. The van der Waals surface area contributed by atoms with Crippen LogP contribution in [-0.2, 0) is 6.54 Å². The molecule has 5 heteroatoms. The van der Waals surface area contributed by atoms with Crippen LogP contribution in [0.1, 0.15) is 41.9 Å². The summed E-state index contributed by atoms with van der Waals surface area (Å²) in [7, 11) is 0. The van der Waals surface area contributed by atoms with Crippen LogP contribution in [0.3, 0.4) is 0 Å². The zero-order valence-corrected chi connectivity index (χ0v) is 12.2. The number of hydrogen-bond acceptors (Lipinski definition) is 3. The van der Waals surface area contributed by atoms with E-state index in [0.717, 1.165) is 31.5 Å². The number of nitrogens with two attached hydrogens (primary N) is 1. The number of rotatable bonds is 3. The van der Waals surface area contributed by atoms with E-state index in [4.69, 9.17) is 5.73 Å². The molecule has 1 aliphatic heterocycles. The number of nitrogen functional groups attached to an aromatic ring is 1. The van der Waals surface area contributed by atoms with Crippen molar-refractivity contribution < 1.29 is 4.79 Å². The summed E-state index contributed by atoms with van der Waals surface area (Å²) in [4.78, 5) is 19.0. The molecule has 3 rings (SSSR count). The van der Waals surface area contributed by atoms with Crippen molar-refractivity contribution in [3.05, 3.63) is 48.0 Å². The van der Waals surface area contributed by atoms with Crippen LogP contribution in [0.25, 0.3) is 0 Å². The lowest BCUT2D eigenvalue weighted by atomic mass is 10.1. The zero-order chi connectivity index (χ0) is 14.8. The molecular weight excluding hydrogens is 264 g/mol. The molecule has 110 valence electrons. The molecule has 2 N–H and O–H groups in total. The first-order chi connectivity index (χ1) is 10.2. The Morgan fingerprint density at radius 1 is 1.52 bits per heavy atom. The lowest BCUT2D eigenvalue weighted by Crippen LogP contribution is -2.32. The number of amides is 1. The van der Waals surface area contributed by atoms with Crippen LogP contribution < -0.4 is 5.73 Å². The number of carbonyl (C=O) groups excluding carboxylic acids is 1. The molecule has 1 fully saturated rings. The predicted molar refractivity (Wildman–Crippen MR) is 81.8 cm³/mol. The van der Waals surface area contributed by atoms with Crippen molar-refractivity contribution in [1.82, 2.24) is 14.5 Å². The Kier molecular flexibility index (Phi) is 3.64. The average molecular weight is 284 g/mol. The van der Waals surface area contributed by atoms with Gasteiger partial charge >= 0.3 is 0 Å². The molecule has 5 nitrogen and oxygen atoms in total. The topological polar surface area (TPSA) is 64.2 Å². The van der Waals surface area contributed by atoms with E-state index < -0.39 is 0 Å². The second-order valence-electron chi connectivity index (χ2n) is 5.39. The maximum Gasteiger partial charge on any atom is 0.271 e. The Morgan fingerprint density at radius 2 is 2.38 bits per heavy atom. The molecular formula is C16H20N4O. The van der Waals surface area contributed by atoms with Gasteiger partial charge in [0.05, 0.1) is 11.7 Å². The van der Waals surface area contributed by atoms with Crippen molar-refractivity contribution in [2.45, 2.75) is 32.4 Å². The Morgan fingerprint density at radius 3 is 3.10 bits per heavy atom. The summed E-state index contributed by atoms with van der Waals surface area (Å²) in [5.74, 6) is 0.0555. The fourth-order valence-corrected chi connectivity index (χ4v) is 3.05. The number of carbonyl (C=O) groups is 1. The van der Waals surface area contributed by atoms with Crippen molar-refractivity contribution in [1.29, 1.82) is 0 Å². The lowest BCUT2D eigenvalue weighted by molar-refractivity contribution is 0.0724. The minimum atomic E-state index is 0.0555. The Bertz CT molecular complexity index is 635. The highest BCUT2D eigenvalue weighted by Crippen LogP contribution is 2.33. The van der Waals surface area contributed by atoms with E-state index >= 15 is 0 Å². The summed E-state index contributed by atoms with van der Waals surface area (Å²) in [6, 6.07) is 5.84. The van der Waals surface area contributed by atoms with E-state index in [1.54, 1.807) is 12.3 Å². The summed E-state index contributed by atoms with van der Waals surface area (Å²) in [6.07, 6.45) is 7.44. The summed E-state index contributed by atoms with van der Waals surface area (Å²) in [5.41, 5.74) is 8.25. The molecule has 0 aromatic carbocycles. The monoisotopic (exact) mass is 284 g/mol. The number of likely N-dealkylation sites (tertiary alicyclic amines) is 1. The van der Waals surface area contributed by atoms with Gasteiger partial charge in [0, 0.05) is 31.7 Å². The third-order valence-electron chi connectivity index (χ3n) is 4.06. The van der Waals surface area contributed by atoms with E-state index in [2.05, 4.69) is 4.98 Å². The third-order valence-corrected chi connectivity index (χ3v) is 4.06. The van der Waals surface area contributed by atoms with E-state index in [1.807, 2.05) is 40.9 Å². The van der Waals surface area contributed by atoms with Gasteiger partial charge in [-0.05, 0) is 37.5 Å². The number of hydrogen-bond donors (Lipinski definition) is 1. The summed E-state index contributed by atoms with van der Waals surface area (Å²) in [6.45, 7) is 3.54. The molecule has 0 radical (unpaired) electrons. The first-order valence-electron chi connectivity index (χ1n) is 7.37. The molecule has 0 spiro atoms. The zero-order valence-electron chi connectivity index (χ0n) is 12.2. The normalized spacial score (nSPS) is 18.1. The van der Waals surface area contributed by atoms with Gasteiger partial charge in [0.2, 0.25) is 0 Å². The van der Waals surface area contributed by atoms with Gasteiger partial charge in [0.1, 0.15) is 5.69 Å². The number of anilines is 1. The largest absolute Gasteiger partial charge is 0.397 e. The SMILES string of the molecule is CCn1cc(N)cc1C(=O)N1CCCC1c1cccnc1. The van der Waals surface area contributed by atoms with Crippen molar-refractivity contribution >= 4 is 11.6 Å². The second kappa shape index (κ2) is 5.60. The molecule has 2 aromatic rings. The van der Waals surface area contributed by atoms with Gasteiger partial charge in [-0.25, -0.2) is 0 Å². The van der Waals surface area contributed by atoms with Gasteiger partial charge < -0.3 is 15.2 Å². The molecule has 2 aromatic heterocycles. The quantitative estimate of drug-likeness (QED) is 0.941. The summed E-state index contributed by atoms with van der Waals surface area (Å²) < 4.78 is 1.91. The molecule has 1 aliphatic rings. The standard InChI is InChI=1S/C16H20N4O/c1-2-19-11-13(17)9-15(19)16(21)20-8-4-6-14(20)12-5-3-7-18-10-12/h3,5,7,9-11,14H,2,4,6,8,17H2,1H3. The van der Waals surface area contributed by atoms with E-state index in [0.29, 0.717) is 11.4 Å². The highest BCUT2D eigenvalue weighted by atomic mass is 16.2. The highest BCUT2D eigenvalue weighted by molar-refractivity contribution is 5.94. The minimum Gasteiger partial charge on any atom is -0.397 e. The lowest BCUT2D eigenvalue weighted by Gasteiger charge is -2.25. The van der Waals surface area contributed by atoms with Crippen LogP contribution in [0.5, 0.6) is 0 Å². The Labute approximate surface area is 124 Å². The maximum absolute atomic E-state index is 12.9. The minimum absolute atomic E-state index is 0.0555. The van der Waals surface area contributed by atoms with Crippen molar-refractivity contribution in [3.8, 4) is 0 Å². The molecule has 1 amide bonds. The average Bonchev–Trinajstić information content (AvgIpc) is 3.13. The molecule has 3 heterocycles. The highest BCUT2D eigenvalue weighted by Gasteiger charge is 2.31. The fraction of sp³-hybridized carbons (Fsp3) is 0.375. The Balaban J connectivity index is 1.90. The van der Waals surface area contributed by atoms with E-state index in [-0.39, 0.29) is 11.9 Å². The van der Waals surface area contributed by atoms with Gasteiger partial charge in [-0.2, -0.15) is 0 Å². The maximum atomic E-state index is 12.9. The second-order valence-corrected chi connectivity index (χ2v) is 5.39. The van der Waals surface area contributed by atoms with Crippen LogP contribution in [-0.4, -0.2) is 26.9 Å². The number of nitrogens with zero attached hydrogens (tertiary/aromatic N) is 3. The number of pyridine rings is 1. The van der Waals surface area contributed by atoms with Gasteiger partial charge in [-0.3, -0.25) is 9.78 Å². The smallest absolute Gasteiger partial charge is 0.271 e. The molecule has 1 saturated heterocycles. The van der Waals surface area contributed by atoms with Crippen LogP contribution >= 0.6 is 0 Å². The Hall–Kier alpha value is -2.30. The first kappa shape index (κ1) is 13.7. The molecule has 0 saturated carbocycles. The van der Waals surface area contributed by atoms with Crippen molar-refractivity contribution in [2.75, 3.05) is 12.3 Å². The van der Waals surface area contributed by atoms with Crippen LogP contribution in [0, 0.1) is 0 Å². The molecule has 1 atom stereocenters. The predicted octanol–water partition coefficient (Wildman–Crippen LogP) is 2.46. The summed E-state index contributed by atoms with van der Waals surface area (Å²) >= 11 is 0. The molecule has 1 unspecified atom stereocenters. The van der Waals surface area contributed by atoms with Crippen LogP contribution in [0.2, 0.25) is 0 Å². The molecule has 0 bridgehead atoms. The van der Waals surface area contributed by atoms with Crippen LogP contribution in [0.4, 0.5) is 5.69 Å². The molecule has 21 heavy (non-hydrogen) atoms. The third kappa shape index (κ3) is 2.51. The van der Waals surface area contributed by atoms with E-state index in [9.17, 15) is 4.79 Å².